The average molecular weight is 326 g/mol. The van der Waals surface area contributed by atoms with Crippen molar-refractivity contribution in [2.75, 3.05) is 0 Å². The van der Waals surface area contributed by atoms with Gasteiger partial charge in [-0.3, -0.25) is 0 Å². The summed E-state index contributed by atoms with van der Waals surface area (Å²) in [5, 5.41) is 11.3. The molecule has 0 amide bonds. The monoisotopic (exact) mass is 324 g/mol. The second kappa shape index (κ2) is 6.25. The van der Waals surface area contributed by atoms with E-state index in [4.69, 9.17) is 23.2 Å². The first kappa shape index (κ1) is 14.3. The van der Waals surface area contributed by atoms with Crippen molar-refractivity contribution >= 4 is 39.1 Å². The Balaban J connectivity index is 3.16. The van der Waals surface area contributed by atoms with E-state index in [1.54, 1.807) is 12.1 Å². The number of hydrogen-bond donors (Lipinski definition) is 1. The van der Waals surface area contributed by atoms with Crippen LogP contribution in [0.5, 0.6) is 0 Å². The van der Waals surface area contributed by atoms with E-state index in [0.717, 1.165) is 17.3 Å². The zero-order valence-electron chi connectivity index (χ0n) is 9.30. The van der Waals surface area contributed by atoms with Crippen LogP contribution in [0.4, 0.5) is 0 Å². The molecule has 0 saturated carbocycles. The van der Waals surface area contributed by atoms with Crippen LogP contribution in [0.1, 0.15) is 38.4 Å². The molecule has 4 heteroatoms. The molecule has 16 heavy (non-hydrogen) atoms. The predicted octanol–water partition coefficient (Wildman–Crippen LogP) is 5.23. The summed E-state index contributed by atoms with van der Waals surface area (Å²) in [6.07, 6.45) is 1.20. The molecule has 0 aromatic heterocycles. The van der Waals surface area contributed by atoms with Crippen molar-refractivity contribution in [2.45, 2.75) is 32.8 Å². The van der Waals surface area contributed by atoms with Gasteiger partial charge in [0.25, 0.3) is 0 Å². The summed E-state index contributed by atoms with van der Waals surface area (Å²) < 4.78 is 0.763. The van der Waals surface area contributed by atoms with Crippen molar-refractivity contribution in [1.82, 2.24) is 0 Å². The molecule has 0 heterocycles. The normalized spacial score (nSPS) is 13.2. The molecular weight excluding hydrogens is 311 g/mol. The van der Waals surface area contributed by atoms with Gasteiger partial charge in [-0.2, -0.15) is 0 Å². The van der Waals surface area contributed by atoms with E-state index in [-0.39, 0.29) is 5.92 Å². The van der Waals surface area contributed by atoms with Crippen molar-refractivity contribution in [3.63, 3.8) is 0 Å². The van der Waals surface area contributed by atoms with Crippen LogP contribution in [-0.4, -0.2) is 5.11 Å². The molecule has 0 saturated heterocycles. The lowest BCUT2D eigenvalue weighted by molar-refractivity contribution is 0.103. The van der Waals surface area contributed by atoms with Gasteiger partial charge in [-0.05, 0) is 34.0 Å². The first-order chi connectivity index (χ1) is 7.52. The molecule has 0 aliphatic rings. The summed E-state index contributed by atoms with van der Waals surface area (Å²) in [6.45, 7) is 4.11. The zero-order chi connectivity index (χ0) is 12.3. The number of benzene rings is 1. The van der Waals surface area contributed by atoms with Crippen molar-refractivity contribution in [3.8, 4) is 0 Å². The van der Waals surface area contributed by atoms with Gasteiger partial charge in [0.1, 0.15) is 0 Å². The molecule has 90 valence electrons. The van der Waals surface area contributed by atoms with Crippen molar-refractivity contribution in [2.24, 2.45) is 5.92 Å². The fourth-order valence-electron chi connectivity index (χ4n) is 1.78. The zero-order valence-corrected chi connectivity index (χ0v) is 12.4. The summed E-state index contributed by atoms with van der Waals surface area (Å²) in [6, 6.07) is 3.53. The second-order valence-electron chi connectivity index (χ2n) is 3.78. The Morgan fingerprint density at radius 2 is 1.81 bits per heavy atom. The van der Waals surface area contributed by atoms with Crippen LogP contribution >= 0.6 is 39.1 Å². The lowest BCUT2D eigenvalue weighted by atomic mass is 9.91. The van der Waals surface area contributed by atoms with Gasteiger partial charge in [0.2, 0.25) is 0 Å². The summed E-state index contributed by atoms with van der Waals surface area (Å²) in [5.74, 6) is 0.185. The standard InChI is InChI=1S/C12H15BrCl2O/c1-3-7(4-2)12(16)10-9(14)6-5-8(13)11(10)15/h5-7,12,16H,3-4H2,1-2H3. The third-order valence-corrected chi connectivity index (χ3v) is 4.50. The Labute approximate surface area is 115 Å². The summed E-state index contributed by atoms with van der Waals surface area (Å²) in [5.41, 5.74) is 0.631. The van der Waals surface area contributed by atoms with Gasteiger partial charge in [0.05, 0.1) is 11.1 Å². The van der Waals surface area contributed by atoms with Crippen LogP contribution in [-0.2, 0) is 0 Å². The van der Waals surface area contributed by atoms with E-state index in [9.17, 15) is 5.11 Å². The highest BCUT2D eigenvalue weighted by Gasteiger charge is 2.23. The van der Waals surface area contributed by atoms with E-state index in [1.165, 1.54) is 0 Å². The highest BCUT2D eigenvalue weighted by atomic mass is 79.9. The second-order valence-corrected chi connectivity index (χ2v) is 5.42. The fourth-order valence-corrected chi connectivity index (χ4v) is 2.72. The predicted molar refractivity (Wildman–Crippen MR) is 73.2 cm³/mol. The Morgan fingerprint density at radius 1 is 1.25 bits per heavy atom. The topological polar surface area (TPSA) is 20.2 Å². The van der Waals surface area contributed by atoms with Gasteiger partial charge in [0.15, 0.2) is 0 Å². The average Bonchev–Trinajstić information content (AvgIpc) is 2.26. The van der Waals surface area contributed by atoms with Crippen molar-refractivity contribution < 1.29 is 5.11 Å². The first-order valence-corrected chi connectivity index (χ1v) is 6.89. The maximum absolute atomic E-state index is 10.3. The summed E-state index contributed by atoms with van der Waals surface area (Å²) in [7, 11) is 0. The molecule has 1 N–H and O–H groups in total. The van der Waals surface area contributed by atoms with Gasteiger partial charge in [-0.15, -0.1) is 0 Å². The third-order valence-electron chi connectivity index (χ3n) is 2.87. The quantitative estimate of drug-likeness (QED) is 0.752. The maximum Gasteiger partial charge on any atom is 0.0847 e. The van der Waals surface area contributed by atoms with Gasteiger partial charge in [0, 0.05) is 15.1 Å². The van der Waals surface area contributed by atoms with E-state index in [1.807, 2.05) is 0 Å². The lowest BCUT2D eigenvalue weighted by Gasteiger charge is -2.22. The Kier molecular flexibility index (Phi) is 5.58. The van der Waals surface area contributed by atoms with E-state index >= 15 is 0 Å². The molecule has 1 nitrogen and oxygen atoms in total. The van der Waals surface area contributed by atoms with Gasteiger partial charge >= 0.3 is 0 Å². The highest BCUT2D eigenvalue weighted by Crippen LogP contribution is 2.39. The molecule has 1 aromatic rings. The van der Waals surface area contributed by atoms with Crippen LogP contribution in [0, 0.1) is 5.92 Å². The fraction of sp³-hybridized carbons (Fsp3) is 0.500. The minimum atomic E-state index is -0.604. The van der Waals surface area contributed by atoms with E-state index < -0.39 is 6.10 Å². The molecular formula is C12H15BrCl2O. The maximum atomic E-state index is 10.3. The minimum Gasteiger partial charge on any atom is -0.388 e. The minimum absolute atomic E-state index is 0.185. The third kappa shape index (κ3) is 2.92. The number of aliphatic hydroxyl groups is 1. The van der Waals surface area contributed by atoms with Crippen molar-refractivity contribution in [3.05, 3.63) is 32.2 Å². The Bertz CT molecular complexity index is 364. The molecule has 1 unspecified atom stereocenters. The van der Waals surface area contributed by atoms with Crippen molar-refractivity contribution in [1.29, 1.82) is 0 Å². The van der Waals surface area contributed by atoms with E-state index in [2.05, 4.69) is 29.8 Å². The van der Waals surface area contributed by atoms with Crippen LogP contribution < -0.4 is 0 Å². The number of halogens is 3. The summed E-state index contributed by atoms with van der Waals surface area (Å²) in [4.78, 5) is 0. The Morgan fingerprint density at radius 3 is 2.31 bits per heavy atom. The van der Waals surface area contributed by atoms with Gasteiger partial charge in [-0.25, -0.2) is 0 Å². The number of aliphatic hydroxyl groups excluding tert-OH is 1. The molecule has 1 aromatic carbocycles. The Hall–Kier alpha value is 0.240. The molecule has 0 aliphatic carbocycles. The first-order valence-electron chi connectivity index (χ1n) is 5.34. The largest absolute Gasteiger partial charge is 0.388 e. The van der Waals surface area contributed by atoms with Crippen LogP contribution in [0.15, 0.2) is 16.6 Å². The molecule has 0 aliphatic heterocycles. The molecule has 0 fully saturated rings. The van der Waals surface area contributed by atoms with Crippen LogP contribution in [0.2, 0.25) is 10.0 Å². The molecule has 1 rings (SSSR count). The SMILES string of the molecule is CCC(CC)C(O)c1c(Cl)ccc(Br)c1Cl. The van der Waals surface area contributed by atoms with Crippen LogP contribution in [0.3, 0.4) is 0 Å². The molecule has 0 bridgehead atoms. The van der Waals surface area contributed by atoms with E-state index in [0.29, 0.717) is 15.6 Å². The number of rotatable bonds is 4. The number of hydrogen-bond acceptors (Lipinski definition) is 1. The highest BCUT2D eigenvalue weighted by molar-refractivity contribution is 9.10. The smallest absolute Gasteiger partial charge is 0.0847 e. The molecule has 1 atom stereocenters. The molecule has 0 radical (unpaired) electrons. The molecule has 0 spiro atoms. The summed E-state index contributed by atoms with van der Waals surface area (Å²) >= 11 is 15.6. The lowest BCUT2D eigenvalue weighted by Crippen LogP contribution is -2.12. The van der Waals surface area contributed by atoms with Crippen LogP contribution in [0.25, 0.3) is 0 Å². The van der Waals surface area contributed by atoms with Gasteiger partial charge < -0.3 is 5.11 Å². The van der Waals surface area contributed by atoms with Gasteiger partial charge in [-0.1, -0.05) is 49.9 Å².